The molecule has 4 aromatic rings. The third-order valence-corrected chi connectivity index (χ3v) is 4.72. The molecular weight excluding hydrogens is 364 g/mol. The lowest BCUT2D eigenvalue weighted by Gasteiger charge is -2.11. The lowest BCUT2D eigenvalue weighted by Crippen LogP contribution is -2.07. The molecule has 144 valence electrons. The monoisotopic (exact) mass is 384 g/mol. The number of hydrogen-bond acceptors (Lipinski definition) is 4. The van der Waals surface area contributed by atoms with Crippen LogP contribution in [0.5, 0.6) is 11.5 Å². The highest BCUT2D eigenvalue weighted by atomic mass is 16.5. The Labute approximate surface area is 168 Å². The molecule has 0 atom stereocenters. The molecule has 0 N–H and O–H groups in total. The second-order valence-electron chi connectivity index (χ2n) is 6.48. The molecule has 0 bridgehead atoms. The van der Waals surface area contributed by atoms with Gasteiger partial charge in [0.25, 0.3) is 0 Å². The Morgan fingerprint density at radius 1 is 0.793 bits per heavy atom. The Kier molecular flexibility index (Phi) is 5.16. The molecule has 4 rings (SSSR count). The van der Waals surface area contributed by atoms with Gasteiger partial charge < -0.3 is 13.9 Å². The molecule has 0 saturated heterocycles. The summed E-state index contributed by atoms with van der Waals surface area (Å²) in [6.45, 7) is 0. The topological polar surface area (TPSA) is 48.7 Å². The predicted octanol–water partition coefficient (Wildman–Crippen LogP) is 5.65. The van der Waals surface area contributed by atoms with E-state index in [-0.39, 0.29) is 5.43 Å². The number of rotatable bonds is 5. The van der Waals surface area contributed by atoms with Crippen LogP contribution in [0.2, 0.25) is 0 Å². The third kappa shape index (κ3) is 3.65. The van der Waals surface area contributed by atoms with Gasteiger partial charge in [-0.25, -0.2) is 0 Å². The van der Waals surface area contributed by atoms with Crippen LogP contribution in [0.1, 0.15) is 11.1 Å². The van der Waals surface area contributed by atoms with E-state index in [2.05, 4.69) is 0 Å². The van der Waals surface area contributed by atoms with Crippen molar-refractivity contribution in [3.8, 4) is 22.8 Å². The Bertz CT molecular complexity index is 1240. The second-order valence-corrected chi connectivity index (χ2v) is 6.48. The summed E-state index contributed by atoms with van der Waals surface area (Å²) in [5, 5.41) is 0.546. The van der Waals surface area contributed by atoms with Gasteiger partial charge in [0, 0.05) is 5.56 Å². The molecule has 0 spiro atoms. The van der Waals surface area contributed by atoms with Crippen molar-refractivity contribution >= 4 is 23.1 Å². The van der Waals surface area contributed by atoms with Crippen molar-refractivity contribution < 1.29 is 13.9 Å². The third-order valence-electron chi connectivity index (χ3n) is 4.72. The summed E-state index contributed by atoms with van der Waals surface area (Å²) in [7, 11) is 3.16. The van der Waals surface area contributed by atoms with Crippen LogP contribution in [-0.2, 0) is 0 Å². The molecular formula is C25H20O4. The van der Waals surface area contributed by atoms with Crippen molar-refractivity contribution in [3.63, 3.8) is 0 Å². The summed E-state index contributed by atoms with van der Waals surface area (Å²) >= 11 is 0. The zero-order valence-electron chi connectivity index (χ0n) is 16.2. The quantitative estimate of drug-likeness (QED) is 0.446. The molecule has 0 aliphatic heterocycles. The minimum atomic E-state index is -0.0798. The number of benzene rings is 3. The fraction of sp³-hybridized carbons (Fsp3) is 0.0800. The summed E-state index contributed by atoms with van der Waals surface area (Å²) in [6, 6.07) is 22.6. The van der Waals surface area contributed by atoms with Crippen molar-refractivity contribution in [2.45, 2.75) is 0 Å². The van der Waals surface area contributed by atoms with Gasteiger partial charge in [0.15, 0.2) is 11.5 Å². The van der Waals surface area contributed by atoms with E-state index in [0.29, 0.717) is 33.8 Å². The molecule has 0 unspecified atom stereocenters. The fourth-order valence-corrected chi connectivity index (χ4v) is 3.24. The van der Waals surface area contributed by atoms with Gasteiger partial charge in [-0.2, -0.15) is 0 Å². The normalized spacial score (nSPS) is 11.1. The van der Waals surface area contributed by atoms with E-state index in [4.69, 9.17) is 13.9 Å². The van der Waals surface area contributed by atoms with Gasteiger partial charge >= 0.3 is 0 Å². The van der Waals surface area contributed by atoms with Crippen LogP contribution < -0.4 is 14.9 Å². The van der Waals surface area contributed by atoms with E-state index in [1.165, 1.54) is 0 Å². The molecule has 0 saturated carbocycles. The minimum absolute atomic E-state index is 0.0798. The van der Waals surface area contributed by atoms with Crippen molar-refractivity contribution in [1.82, 2.24) is 0 Å². The van der Waals surface area contributed by atoms with Crippen molar-refractivity contribution in [3.05, 3.63) is 94.1 Å². The first-order valence-corrected chi connectivity index (χ1v) is 9.22. The van der Waals surface area contributed by atoms with Gasteiger partial charge in [-0.1, -0.05) is 48.5 Å². The maximum atomic E-state index is 13.3. The van der Waals surface area contributed by atoms with Gasteiger partial charge in [0.2, 0.25) is 5.43 Å². The first-order chi connectivity index (χ1) is 14.2. The molecule has 0 amide bonds. The zero-order chi connectivity index (χ0) is 20.2. The van der Waals surface area contributed by atoms with Crippen LogP contribution in [-0.4, -0.2) is 14.2 Å². The van der Waals surface area contributed by atoms with E-state index in [0.717, 1.165) is 11.1 Å². The van der Waals surface area contributed by atoms with Gasteiger partial charge in [-0.15, -0.1) is 0 Å². The first kappa shape index (κ1) is 18.6. The molecule has 0 aliphatic rings. The van der Waals surface area contributed by atoms with E-state index < -0.39 is 0 Å². The van der Waals surface area contributed by atoms with E-state index in [9.17, 15) is 4.79 Å². The maximum Gasteiger partial charge on any atom is 0.200 e. The van der Waals surface area contributed by atoms with Crippen LogP contribution in [0, 0.1) is 0 Å². The molecule has 1 aromatic heterocycles. The lowest BCUT2D eigenvalue weighted by molar-refractivity contribution is 0.355. The lowest BCUT2D eigenvalue weighted by atomic mass is 10.0. The summed E-state index contributed by atoms with van der Waals surface area (Å²) in [5.41, 5.74) is 2.68. The van der Waals surface area contributed by atoms with Gasteiger partial charge in [0.1, 0.15) is 11.3 Å². The highest BCUT2D eigenvalue weighted by molar-refractivity contribution is 5.86. The fourth-order valence-electron chi connectivity index (χ4n) is 3.24. The van der Waals surface area contributed by atoms with Crippen LogP contribution in [0.15, 0.2) is 82.0 Å². The van der Waals surface area contributed by atoms with Crippen molar-refractivity contribution in [2.24, 2.45) is 0 Å². The van der Waals surface area contributed by atoms with Gasteiger partial charge in [-0.05, 0) is 42.0 Å². The van der Waals surface area contributed by atoms with E-state index in [1.54, 1.807) is 38.5 Å². The average molecular weight is 384 g/mol. The Morgan fingerprint density at radius 2 is 1.52 bits per heavy atom. The highest BCUT2D eigenvalue weighted by Gasteiger charge is 2.16. The molecule has 0 aliphatic carbocycles. The molecule has 0 fully saturated rings. The summed E-state index contributed by atoms with van der Waals surface area (Å²) < 4.78 is 16.9. The van der Waals surface area contributed by atoms with Crippen LogP contribution in [0.4, 0.5) is 0 Å². The zero-order valence-corrected chi connectivity index (χ0v) is 16.2. The summed E-state index contributed by atoms with van der Waals surface area (Å²) in [4.78, 5) is 13.3. The standard InChI is InChI=1S/C25H20O4/c1-27-22-15-13-18(16-23(22)28-2)25-20(14-12-17-8-4-3-5-9-17)24(26)19-10-6-7-11-21(19)29-25/h3-16H,1-2H3/b14-12+. The number of methoxy groups -OCH3 is 2. The van der Waals surface area contributed by atoms with E-state index >= 15 is 0 Å². The van der Waals surface area contributed by atoms with Crippen molar-refractivity contribution in [2.75, 3.05) is 14.2 Å². The summed E-state index contributed by atoms with van der Waals surface area (Å²) in [6.07, 6.45) is 3.71. The number of para-hydroxylation sites is 1. The predicted molar refractivity (Wildman–Crippen MR) is 116 cm³/mol. The summed E-state index contributed by atoms with van der Waals surface area (Å²) in [5.74, 6) is 1.67. The molecule has 29 heavy (non-hydrogen) atoms. The smallest absolute Gasteiger partial charge is 0.200 e. The SMILES string of the molecule is COc1ccc(-c2oc3ccccc3c(=O)c2/C=C/c2ccccc2)cc1OC. The van der Waals surface area contributed by atoms with E-state index in [1.807, 2.05) is 60.7 Å². The van der Waals surface area contributed by atoms with Gasteiger partial charge in [-0.3, -0.25) is 4.79 Å². The molecule has 4 heteroatoms. The molecule has 3 aromatic carbocycles. The Balaban J connectivity index is 1.95. The largest absolute Gasteiger partial charge is 0.493 e. The molecule has 1 heterocycles. The van der Waals surface area contributed by atoms with Crippen LogP contribution in [0.25, 0.3) is 34.4 Å². The molecule has 0 radical (unpaired) electrons. The number of hydrogen-bond donors (Lipinski definition) is 0. The minimum Gasteiger partial charge on any atom is -0.493 e. The van der Waals surface area contributed by atoms with Crippen molar-refractivity contribution in [1.29, 1.82) is 0 Å². The highest BCUT2D eigenvalue weighted by Crippen LogP contribution is 2.34. The van der Waals surface area contributed by atoms with Crippen LogP contribution in [0.3, 0.4) is 0 Å². The second kappa shape index (κ2) is 8.07. The Hall–Kier alpha value is -3.79. The van der Waals surface area contributed by atoms with Gasteiger partial charge in [0.05, 0.1) is 25.2 Å². The average Bonchev–Trinajstić information content (AvgIpc) is 2.78. The number of fused-ring (bicyclic) bond motifs is 1. The number of ether oxygens (including phenoxy) is 2. The Morgan fingerprint density at radius 3 is 2.28 bits per heavy atom. The van der Waals surface area contributed by atoms with Crippen LogP contribution >= 0.6 is 0 Å². The first-order valence-electron chi connectivity index (χ1n) is 9.22. The molecule has 4 nitrogen and oxygen atoms in total. The maximum absolute atomic E-state index is 13.3.